The Hall–Kier alpha value is -1.32. The molecule has 0 radical (unpaired) electrons. The second-order valence-electron chi connectivity index (χ2n) is 7.09. The fourth-order valence-electron chi connectivity index (χ4n) is 2.92. The number of hydrogen-bond acceptors (Lipinski definition) is 4. The van der Waals surface area contributed by atoms with Gasteiger partial charge in [0, 0.05) is 0 Å². The first-order valence-electron chi connectivity index (χ1n) is 9.54. The van der Waals surface area contributed by atoms with Crippen molar-refractivity contribution in [3.05, 3.63) is 12.2 Å². The van der Waals surface area contributed by atoms with Crippen LogP contribution in [-0.4, -0.2) is 25.2 Å². The molecule has 0 heterocycles. The van der Waals surface area contributed by atoms with Gasteiger partial charge >= 0.3 is 11.9 Å². The largest absolute Gasteiger partial charge is 0.465 e. The maximum Gasteiger partial charge on any atom is 0.310 e. The zero-order chi connectivity index (χ0) is 17.8. The lowest BCUT2D eigenvalue weighted by Crippen LogP contribution is -2.34. The number of rotatable bonds is 11. The summed E-state index contributed by atoms with van der Waals surface area (Å²) in [5.41, 5.74) is 0. The van der Waals surface area contributed by atoms with Crippen molar-refractivity contribution in [2.45, 2.75) is 72.1 Å². The Balaban J connectivity index is 2.39. The third-order valence-electron chi connectivity index (χ3n) is 4.45. The van der Waals surface area contributed by atoms with Crippen LogP contribution in [0.2, 0.25) is 0 Å². The highest BCUT2D eigenvalue weighted by molar-refractivity contribution is 5.82. The van der Waals surface area contributed by atoms with Crippen molar-refractivity contribution in [2.24, 2.45) is 17.8 Å². The third-order valence-corrected chi connectivity index (χ3v) is 4.45. The van der Waals surface area contributed by atoms with Gasteiger partial charge < -0.3 is 9.47 Å². The minimum Gasteiger partial charge on any atom is -0.465 e. The first-order chi connectivity index (χ1) is 11.6. The van der Waals surface area contributed by atoms with E-state index in [0.717, 1.165) is 38.5 Å². The summed E-state index contributed by atoms with van der Waals surface area (Å²) in [6.07, 6.45) is 11.3. The van der Waals surface area contributed by atoms with E-state index < -0.39 is 11.8 Å². The quantitative estimate of drug-likeness (QED) is 0.312. The van der Waals surface area contributed by atoms with Crippen molar-refractivity contribution >= 4 is 11.9 Å². The molecule has 0 amide bonds. The molecule has 0 spiro atoms. The van der Waals surface area contributed by atoms with Crippen LogP contribution in [0.5, 0.6) is 0 Å². The summed E-state index contributed by atoms with van der Waals surface area (Å²) in [7, 11) is 0. The van der Waals surface area contributed by atoms with E-state index in [-0.39, 0.29) is 11.9 Å². The van der Waals surface area contributed by atoms with Crippen molar-refractivity contribution in [1.82, 2.24) is 0 Å². The van der Waals surface area contributed by atoms with Gasteiger partial charge in [0.25, 0.3) is 0 Å². The number of carbonyl (C=O) groups excluding carboxylic acids is 2. The van der Waals surface area contributed by atoms with Crippen molar-refractivity contribution < 1.29 is 19.1 Å². The molecule has 2 atom stereocenters. The monoisotopic (exact) mass is 338 g/mol. The topological polar surface area (TPSA) is 52.6 Å². The highest BCUT2D eigenvalue weighted by Crippen LogP contribution is 2.28. The smallest absolute Gasteiger partial charge is 0.310 e. The van der Waals surface area contributed by atoms with E-state index >= 15 is 0 Å². The first kappa shape index (κ1) is 20.7. The van der Waals surface area contributed by atoms with Crippen molar-refractivity contribution in [3.8, 4) is 0 Å². The standard InChI is InChI=1S/C20H34O4/c1-4-5-6-9-14-23-19(21)17-12-7-8-13-18(17)20(22)24-15-10-11-16(2)3/h7-8,16-18H,4-6,9-15H2,1-3H3. The van der Waals surface area contributed by atoms with Crippen LogP contribution in [-0.2, 0) is 19.1 Å². The molecule has 0 bridgehead atoms. The van der Waals surface area contributed by atoms with Gasteiger partial charge in [0.05, 0.1) is 25.0 Å². The molecule has 0 saturated heterocycles. The molecule has 1 rings (SSSR count). The minimum absolute atomic E-state index is 0.250. The molecule has 0 aromatic rings. The van der Waals surface area contributed by atoms with Gasteiger partial charge in [-0.1, -0.05) is 52.2 Å². The van der Waals surface area contributed by atoms with Gasteiger partial charge in [0.15, 0.2) is 0 Å². The van der Waals surface area contributed by atoms with Gasteiger partial charge in [0.2, 0.25) is 0 Å². The number of unbranched alkanes of at least 4 members (excludes halogenated alkanes) is 3. The molecule has 0 saturated carbocycles. The van der Waals surface area contributed by atoms with Gasteiger partial charge in [-0.3, -0.25) is 9.59 Å². The molecule has 0 fully saturated rings. The van der Waals surface area contributed by atoms with Crippen molar-refractivity contribution in [3.63, 3.8) is 0 Å². The van der Waals surface area contributed by atoms with E-state index in [0.29, 0.717) is 32.0 Å². The predicted molar refractivity (Wildman–Crippen MR) is 95.5 cm³/mol. The van der Waals surface area contributed by atoms with Crippen LogP contribution in [0.4, 0.5) is 0 Å². The zero-order valence-corrected chi connectivity index (χ0v) is 15.6. The first-order valence-corrected chi connectivity index (χ1v) is 9.54. The van der Waals surface area contributed by atoms with Gasteiger partial charge in [0.1, 0.15) is 0 Å². The van der Waals surface area contributed by atoms with Crippen LogP contribution in [0.15, 0.2) is 12.2 Å². The number of carbonyl (C=O) groups is 2. The molecule has 1 aliphatic rings. The van der Waals surface area contributed by atoms with E-state index in [9.17, 15) is 9.59 Å². The summed E-state index contributed by atoms with van der Waals surface area (Å²) in [4.78, 5) is 24.6. The molecule has 4 heteroatoms. The van der Waals surface area contributed by atoms with Crippen LogP contribution in [0.3, 0.4) is 0 Å². The van der Waals surface area contributed by atoms with Gasteiger partial charge in [-0.05, 0) is 38.0 Å². The molecular weight excluding hydrogens is 304 g/mol. The molecule has 4 nitrogen and oxygen atoms in total. The molecule has 1 aliphatic carbocycles. The SMILES string of the molecule is CCCCCCOC(=O)C1CC=CCC1C(=O)OCCCC(C)C. The van der Waals surface area contributed by atoms with Crippen LogP contribution in [0.25, 0.3) is 0 Å². The lowest BCUT2D eigenvalue weighted by atomic mass is 9.83. The Labute approximate surface area is 147 Å². The van der Waals surface area contributed by atoms with Crippen LogP contribution in [0, 0.1) is 17.8 Å². The molecule has 0 aromatic heterocycles. The number of esters is 2. The molecule has 0 aromatic carbocycles. The summed E-state index contributed by atoms with van der Waals surface area (Å²) in [6.45, 7) is 7.35. The summed E-state index contributed by atoms with van der Waals surface area (Å²) >= 11 is 0. The third kappa shape index (κ3) is 7.98. The van der Waals surface area contributed by atoms with E-state index in [1.807, 2.05) is 12.2 Å². The predicted octanol–water partition coefficient (Wildman–Crippen LogP) is 4.67. The number of ether oxygens (including phenoxy) is 2. The maximum atomic E-state index is 12.3. The Morgan fingerprint density at radius 2 is 1.46 bits per heavy atom. The number of allylic oxidation sites excluding steroid dienone is 2. The van der Waals surface area contributed by atoms with E-state index in [2.05, 4.69) is 20.8 Å². The molecule has 24 heavy (non-hydrogen) atoms. The highest BCUT2D eigenvalue weighted by Gasteiger charge is 2.36. The molecule has 0 aliphatic heterocycles. The zero-order valence-electron chi connectivity index (χ0n) is 15.6. The van der Waals surface area contributed by atoms with E-state index in [1.165, 1.54) is 0 Å². The van der Waals surface area contributed by atoms with E-state index in [4.69, 9.17) is 9.47 Å². The average Bonchev–Trinajstić information content (AvgIpc) is 2.58. The highest BCUT2D eigenvalue weighted by atomic mass is 16.5. The second-order valence-corrected chi connectivity index (χ2v) is 7.09. The number of hydrogen-bond donors (Lipinski definition) is 0. The lowest BCUT2D eigenvalue weighted by Gasteiger charge is -2.25. The fourth-order valence-corrected chi connectivity index (χ4v) is 2.92. The Morgan fingerprint density at radius 3 is 1.96 bits per heavy atom. The average molecular weight is 338 g/mol. The van der Waals surface area contributed by atoms with Crippen molar-refractivity contribution in [1.29, 1.82) is 0 Å². The fraction of sp³-hybridized carbons (Fsp3) is 0.800. The second kappa shape index (κ2) is 12.1. The minimum atomic E-state index is -0.391. The Kier molecular flexibility index (Phi) is 10.4. The lowest BCUT2D eigenvalue weighted by molar-refractivity contribution is -0.161. The summed E-state index contributed by atoms with van der Waals surface area (Å²) in [6, 6.07) is 0. The van der Waals surface area contributed by atoms with Crippen molar-refractivity contribution in [2.75, 3.05) is 13.2 Å². The van der Waals surface area contributed by atoms with Gasteiger partial charge in [-0.2, -0.15) is 0 Å². The molecule has 2 unspecified atom stereocenters. The Morgan fingerprint density at radius 1 is 0.917 bits per heavy atom. The normalized spacial score (nSPS) is 20.2. The molecule has 0 N–H and O–H groups in total. The van der Waals surface area contributed by atoms with Crippen LogP contribution in [0.1, 0.15) is 72.1 Å². The maximum absolute atomic E-state index is 12.3. The summed E-state index contributed by atoms with van der Waals surface area (Å²) < 4.78 is 10.8. The van der Waals surface area contributed by atoms with Gasteiger partial charge in [-0.15, -0.1) is 0 Å². The van der Waals surface area contributed by atoms with Crippen LogP contribution >= 0.6 is 0 Å². The molecular formula is C20H34O4. The van der Waals surface area contributed by atoms with Gasteiger partial charge in [-0.25, -0.2) is 0 Å². The summed E-state index contributed by atoms with van der Waals surface area (Å²) in [5.74, 6) is -0.677. The summed E-state index contributed by atoms with van der Waals surface area (Å²) in [5, 5.41) is 0. The van der Waals surface area contributed by atoms with E-state index in [1.54, 1.807) is 0 Å². The molecule has 138 valence electrons. The van der Waals surface area contributed by atoms with Crippen LogP contribution < -0.4 is 0 Å². The Bertz CT molecular complexity index is 400.